The number of ether oxygens (including phenoxy) is 2. The minimum atomic E-state index is -0.279. The van der Waals surface area contributed by atoms with Gasteiger partial charge in [-0.25, -0.2) is 4.39 Å². The molecule has 110 valence electrons. The third-order valence-electron chi connectivity index (χ3n) is 3.23. The van der Waals surface area contributed by atoms with Crippen LogP contribution in [0.2, 0.25) is 0 Å². The van der Waals surface area contributed by atoms with Crippen LogP contribution in [0, 0.1) is 5.82 Å². The van der Waals surface area contributed by atoms with Crippen LogP contribution in [0.4, 0.5) is 10.1 Å². The number of hydrogen-bond acceptors (Lipinski definition) is 3. The van der Waals surface area contributed by atoms with E-state index in [2.05, 4.69) is 21.2 Å². The summed E-state index contributed by atoms with van der Waals surface area (Å²) in [6.45, 7) is 1.95. The molecule has 1 N–H and O–H groups in total. The van der Waals surface area contributed by atoms with E-state index in [0.717, 1.165) is 29.2 Å². The number of fused-ring (bicyclic) bond motifs is 1. The van der Waals surface area contributed by atoms with Crippen molar-refractivity contribution in [2.24, 2.45) is 0 Å². The van der Waals surface area contributed by atoms with Crippen LogP contribution in [-0.2, 0) is 6.54 Å². The van der Waals surface area contributed by atoms with Crippen molar-refractivity contribution in [3.05, 3.63) is 52.3 Å². The molecule has 0 atom stereocenters. The van der Waals surface area contributed by atoms with E-state index in [-0.39, 0.29) is 5.82 Å². The number of halogens is 2. The van der Waals surface area contributed by atoms with Gasteiger partial charge >= 0.3 is 0 Å². The molecule has 0 bridgehead atoms. The van der Waals surface area contributed by atoms with E-state index in [1.165, 1.54) is 6.07 Å². The number of rotatable bonds is 3. The van der Waals surface area contributed by atoms with Crippen LogP contribution in [0.25, 0.3) is 0 Å². The largest absolute Gasteiger partial charge is 0.490 e. The van der Waals surface area contributed by atoms with Gasteiger partial charge in [-0.3, -0.25) is 0 Å². The van der Waals surface area contributed by atoms with Crippen LogP contribution < -0.4 is 14.8 Å². The van der Waals surface area contributed by atoms with Crippen LogP contribution >= 0.6 is 15.9 Å². The van der Waals surface area contributed by atoms with Crippen molar-refractivity contribution < 1.29 is 13.9 Å². The molecule has 2 aromatic carbocycles. The van der Waals surface area contributed by atoms with Crippen LogP contribution in [0.1, 0.15) is 12.0 Å². The van der Waals surface area contributed by atoms with Crippen LogP contribution in [0.15, 0.2) is 40.9 Å². The van der Waals surface area contributed by atoms with E-state index in [1.54, 1.807) is 6.07 Å². The molecule has 3 rings (SSSR count). The monoisotopic (exact) mass is 351 g/mol. The van der Waals surface area contributed by atoms with Gasteiger partial charge in [0.25, 0.3) is 0 Å². The first kappa shape index (κ1) is 14.2. The molecule has 1 aliphatic rings. The molecule has 0 radical (unpaired) electrons. The van der Waals surface area contributed by atoms with E-state index in [0.29, 0.717) is 24.2 Å². The molecule has 0 unspecified atom stereocenters. The average Bonchev–Trinajstić information content (AvgIpc) is 2.73. The summed E-state index contributed by atoms with van der Waals surface area (Å²) in [5, 5.41) is 3.19. The Morgan fingerprint density at radius 2 is 1.86 bits per heavy atom. The maximum absolute atomic E-state index is 13.5. The summed E-state index contributed by atoms with van der Waals surface area (Å²) in [6, 6.07) is 10.8. The standard InChI is InChI=1S/C16H15BrFNO2/c17-13-4-3-12(9-14(13)18)19-10-11-2-5-15-16(8-11)21-7-1-6-20-15/h2-5,8-9,19H,1,6-7,10H2. The lowest BCUT2D eigenvalue weighted by atomic mass is 10.2. The Bertz CT molecular complexity index is 648. The zero-order valence-electron chi connectivity index (χ0n) is 11.4. The second-order valence-corrected chi connectivity index (χ2v) is 5.67. The Hall–Kier alpha value is -1.75. The van der Waals surface area contributed by atoms with E-state index < -0.39 is 0 Å². The summed E-state index contributed by atoms with van der Waals surface area (Å²) in [4.78, 5) is 0. The van der Waals surface area contributed by atoms with Crippen LogP contribution in [-0.4, -0.2) is 13.2 Å². The molecule has 2 aromatic rings. The quantitative estimate of drug-likeness (QED) is 0.890. The molecule has 0 aliphatic carbocycles. The summed E-state index contributed by atoms with van der Waals surface area (Å²) >= 11 is 3.14. The van der Waals surface area contributed by atoms with Gasteiger partial charge in [0.15, 0.2) is 11.5 Å². The zero-order valence-corrected chi connectivity index (χ0v) is 13.0. The molecule has 0 fully saturated rings. The minimum Gasteiger partial charge on any atom is -0.490 e. The summed E-state index contributed by atoms with van der Waals surface area (Å²) in [5.41, 5.74) is 1.80. The normalized spacial score (nSPS) is 13.6. The topological polar surface area (TPSA) is 30.5 Å². The van der Waals surface area contributed by atoms with Crippen LogP contribution in [0.3, 0.4) is 0 Å². The Morgan fingerprint density at radius 3 is 2.67 bits per heavy atom. The van der Waals surface area contributed by atoms with E-state index in [9.17, 15) is 4.39 Å². The van der Waals surface area contributed by atoms with Crippen LogP contribution in [0.5, 0.6) is 11.5 Å². The van der Waals surface area contributed by atoms with Gasteiger partial charge in [0, 0.05) is 18.7 Å². The number of benzene rings is 2. The van der Waals surface area contributed by atoms with E-state index in [4.69, 9.17) is 9.47 Å². The van der Waals surface area contributed by atoms with Crippen molar-refractivity contribution in [3.63, 3.8) is 0 Å². The molecule has 0 saturated carbocycles. The van der Waals surface area contributed by atoms with Gasteiger partial charge in [-0.1, -0.05) is 6.07 Å². The molecule has 0 saturated heterocycles. The first-order valence-corrected chi connectivity index (χ1v) is 7.59. The van der Waals surface area contributed by atoms with Crippen molar-refractivity contribution in [3.8, 4) is 11.5 Å². The molecule has 21 heavy (non-hydrogen) atoms. The maximum Gasteiger partial charge on any atom is 0.161 e. The van der Waals surface area contributed by atoms with Gasteiger partial charge < -0.3 is 14.8 Å². The second-order valence-electron chi connectivity index (χ2n) is 4.81. The Balaban J connectivity index is 1.70. The van der Waals surface area contributed by atoms with E-state index >= 15 is 0 Å². The predicted molar refractivity (Wildman–Crippen MR) is 83.5 cm³/mol. The van der Waals surface area contributed by atoms with Gasteiger partial charge in [-0.2, -0.15) is 0 Å². The second kappa shape index (κ2) is 6.35. The number of nitrogens with one attached hydrogen (secondary N) is 1. The highest BCUT2D eigenvalue weighted by molar-refractivity contribution is 9.10. The number of hydrogen-bond donors (Lipinski definition) is 1. The smallest absolute Gasteiger partial charge is 0.161 e. The molecule has 0 spiro atoms. The van der Waals surface area contributed by atoms with Crippen molar-refractivity contribution in [2.75, 3.05) is 18.5 Å². The fourth-order valence-corrected chi connectivity index (χ4v) is 2.37. The Kier molecular flexibility index (Phi) is 4.29. The van der Waals surface area contributed by atoms with E-state index in [1.807, 2.05) is 24.3 Å². The van der Waals surface area contributed by atoms with Gasteiger partial charge in [0.1, 0.15) is 5.82 Å². The van der Waals surface area contributed by atoms with Crippen molar-refractivity contribution in [1.82, 2.24) is 0 Å². The molecular formula is C16H15BrFNO2. The summed E-state index contributed by atoms with van der Waals surface area (Å²) in [5.74, 6) is 1.28. The average molecular weight is 352 g/mol. The molecule has 1 aliphatic heterocycles. The fourth-order valence-electron chi connectivity index (χ4n) is 2.13. The molecule has 1 heterocycles. The zero-order chi connectivity index (χ0) is 14.7. The molecule has 0 amide bonds. The van der Waals surface area contributed by atoms with Crippen molar-refractivity contribution in [2.45, 2.75) is 13.0 Å². The lowest BCUT2D eigenvalue weighted by Crippen LogP contribution is -2.01. The lowest BCUT2D eigenvalue weighted by molar-refractivity contribution is 0.297. The Morgan fingerprint density at radius 1 is 1.05 bits per heavy atom. The first-order chi connectivity index (χ1) is 10.2. The SMILES string of the molecule is Fc1cc(NCc2ccc3c(c2)OCCCO3)ccc1Br. The van der Waals surface area contributed by atoms with Crippen molar-refractivity contribution in [1.29, 1.82) is 0 Å². The highest BCUT2D eigenvalue weighted by Gasteiger charge is 2.10. The lowest BCUT2D eigenvalue weighted by Gasteiger charge is -2.11. The summed E-state index contributed by atoms with van der Waals surface area (Å²) < 4.78 is 25.2. The fraction of sp³-hybridized carbons (Fsp3) is 0.250. The summed E-state index contributed by atoms with van der Waals surface area (Å²) in [7, 11) is 0. The predicted octanol–water partition coefficient (Wildman–Crippen LogP) is 4.36. The van der Waals surface area contributed by atoms with Crippen molar-refractivity contribution >= 4 is 21.6 Å². The van der Waals surface area contributed by atoms with Gasteiger partial charge in [-0.15, -0.1) is 0 Å². The highest BCUT2D eigenvalue weighted by atomic mass is 79.9. The molecule has 0 aromatic heterocycles. The Labute approximate surface area is 131 Å². The minimum absolute atomic E-state index is 0.279. The molecular weight excluding hydrogens is 337 g/mol. The number of anilines is 1. The van der Waals surface area contributed by atoms with Gasteiger partial charge in [0.2, 0.25) is 0 Å². The van der Waals surface area contributed by atoms with Gasteiger partial charge in [-0.05, 0) is 51.8 Å². The third-order valence-corrected chi connectivity index (χ3v) is 3.87. The first-order valence-electron chi connectivity index (χ1n) is 6.80. The third kappa shape index (κ3) is 3.47. The highest BCUT2D eigenvalue weighted by Crippen LogP contribution is 2.30. The molecule has 5 heteroatoms. The van der Waals surface area contributed by atoms with Gasteiger partial charge in [0.05, 0.1) is 17.7 Å². The summed E-state index contributed by atoms with van der Waals surface area (Å²) in [6.07, 6.45) is 0.889. The molecule has 3 nitrogen and oxygen atoms in total. The maximum atomic E-state index is 13.5.